The van der Waals surface area contributed by atoms with Gasteiger partial charge in [-0.05, 0) is 52.6 Å². The minimum Gasteiger partial charge on any atom is -0.465 e. The first-order chi connectivity index (χ1) is 16.7. The maximum absolute atomic E-state index is 13.2. The molecule has 0 spiro atoms. The average molecular weight is 452 g/mol. The Morgan fingerprint density at radius 3 is 2.53 bits per heavy atom. The second-order valence-electron chi connectivity index (χ2n) is 8.86. The highest BCUT2D eigenvalue weighted by molar-refractivity contribution is 5.98. The second kappa shape index (κ2) is 8.15. The highest BCUT2D eigenvalue weighted by Gasteiger charge is 2.38. The highest BCUT2D eigenvalue weighted by Crippen LogP contribution is 2.48. The number of benzene rings is 3. The largest absolute Gasteiger partial charge is 0.465 e. The molecule has 1 saturated heterocycles. The zero-order valence-electron chi connectivity index (χ0n) is 19.0. The third-order valence-corrected chi connectivity index (χ3v) is 7.10. The zero-order chi connectivity index (χ0) is 23.2. The third-order valence-electron chi connectivity index (χ3n) is 7.10. The van der Waals surface area contributed by atoms with Crippen LogP contribution in [0.25, 0.3) is 22.0 Å². The van der Waals surface area contributed by atoms with E-state index in [1.807, 2.05) is 59.6 Å². The van der Waals surface area contributed by atoms with E-state index in [0.29, 0.717) is 24.2 Å². The van der Waals surface area contributed by atoms with Crippen LogP contribution >= 0.6 is 0 Å². The van der Waals surface area contributed by atoms with Crippen molar-refractivity contribution in [1.82, 2.24) is 14.8 Å². The van der Waals surface area contributed by atoms with Gasteiger partial charge >= 0.3 is 5.97 Å². The molecule has 0 saturated carbocycles. The van der Waals surface area contributed by atoms with E-state index in [9.17, 15) is 9.59 Å². The monoisotopic (exact) mass is 451 g/mol. The molecule has 6 heteroatoms. The summed E-state index contributed by atoms with van der Waals surface area (Å²) in [5, 5.41) is 1.04. The smallest absolute Gasteiger partial charge is 0.338 e. The Labute approximate surface area is 197 Å². The molecule has 1 N–H and O–H groups in total. The van der Waals surface area contributed by atoms with Crippen LogP contribution in [0.2, 0.25) is 0 Å². The molecule has 4 aromatic rings. The van der Waals surface area contributed by atoms with Gasteiger partial charge in [0.05, 0.1) is 18.7 Å². The van der Waals surface area contributed by atoms with Crippen LogP contribution in [-0.2, 0) is 4.74 Å². The summed E-state index contributed by atoms with van der Waals surface area (Å²) in [6.07, 6.45) is 1.89. The number of fused-ring (bicyclic) bond motifs is 4. The van der Waals surface area contributed by atoms with E-state index in [-0.39, 0.29) is 17.9 Å². The van der Waals surface area contributed by atoms with Gasteiger partial charge in [0.1, 0.15) is 0 Å². The summed E-state index contributed by atoms with van der Waals surface area (Å²) in [5.41, 5.74) is 6.80. The highest BCUT2D eigenvalue weighted by atomic mass is 16.5. The van der Waals surface area contributed by atoms with Crippen LogP contribution in [0, 0.1) is 0 Å². The number of hydrogen-bond acceptors (Lipinski definition) is 4. The quantitative estimate of drug-likeness (QED) is 0.467. The van der Waals surface area contributed by atoms with Crippen LogP contribution in [-0.4, -0.2) is 59.9 Å². The van der Waals surface area contributed by atoms with Crippen molar-refractivity contribution in [2.75, 3.05) is 33.3 Å². The summed E-state index contributed by atoms with van der Waals surface area (Å²) >= 11 is 0. The minimum absolute atomic E-state index is 0.0324. The van der Waals surface area contributed by atoms with E-state index in [1.165, 1.54) is 12.7 Å². The number of carbonyl (C=O) groups is 2. The van der Waals surface area contributed by atoms with Crippen LogP contribution in [0.15, 0.2) is 72.9 Å². The molecule has 1 aliphatic carbocycles. The molecule has 1 aliphatic heterocycles. The van der Waals surface area contributed by atoms with Gasteiger partial charge in [0.15, 0.2) is 0 Å². The number of ether oxygens (including phenoxy) is 1. The Balaban J connectivity index is 1.28. The summed E-state index contributed by atoms with van der Waals surface area (Å²) in [4.78, 5) is 33.3. The maximum Gasteiger partial charge on any atom is 0.338 e. The van der Waals surface area contributed by atoms with E-state index in [4.69, 9.17) is 4.74 Å². The van der Waals surface area contributed by atoms with Crippen molar-refractivity contribution in [3.05, 3.63) is 95.2 Å². The van der Waals surface area contributed by atoms with Gasteiger partial charge in [0, 0.05) is 48.8 Å². The minimum atomic E-state index is -0.316. The van der Waals surface area contributed by atoms with Gasteiger partial charge in [0.2, 0.25) is 0 Å². The Hall–Kier alpha value is -3.90. The Kier molecular flexibility index (Phi) is 4.96. The van der Waals surface area contributed by atoms with Crippen LogP contribution < -0.4 is 0 Å². The molecule has 0 bridgehead atoms. The number of nitrogens with one attached hydrogen (secondary N) is 1. The number of aromatic nitrogens is 1. The fourth-order valence-electron chi connectivity index (χ4n) is 5.45. The van der Waals surface area contributed by atoms with E-state index < -0.39 is 0 Å². The molecule has 3 aromatic carbocycles. The van der Waals surface area contributed by atoms with Gasteiger partial charge in [-0.3, -0.25) is 9.69 Å². The first kappa shape index (κ1) is 20.7. The van der Waals surface area contributed by atoms with Gasteiger partial charge < -0.3 is 14.6 Å². The number of hydrogen-bond donors (Lipinski definition) is 1. The van der Waals surface area contributed by atoms with Crippen LogP contribution in [0.5, 0.6) is 0 Å². The number of esters is 1. The first-order valence-electron chi connectivity index (χ1n) is 11.6. The van der Waals surface area contributed by atoms with Gasteiger partial charge in [-0.2, -0.15) is 0 Å². The lowest BCUT2D eigenvalue weighted by molar-refractivity contribution is 0.0584. The van der Waals surface area contributed by atoms with Crippen LogP contribution in [0.3, 0.4) is 0 Å². The van der Waals surface area contributed by atoms with Crippen molar-refractivity contribution < 1.29 is 14.3 Å². The number of amides is 1. The lowest BCUT2D eigenvalue weighted by atomic mass is 9.97. The van der Waals surface area contributed by atoms with Crippen molar-refractivity contribution in [3.8, 4) is 11.1 Å². The predicted octanol–water partition coefficient (Wildman–Crippen LogP) is 4.48. The Morgan fingerprint density at radius 1 is 0.912 bits per heavy atom. The van der Waals surface area contributed by atoms with Gasteiger partial charge in [-0.25, -0.2) is 4.79 Å². The van der Waals surface area contributed by atoms with Crippen LogP contribution in [0.4, 0.5) is 0 Å². The summed E-state index contributed by atoms with van der Waals surface area (Å²) < 4.78 is 5.11. The van der Waals surface area contributed by atoms with E-state index >= 15 is 0 Å². The van der Waals surface area contributed by atoms with E-state index in [2.05, 4.69) is 28.1 Å². The first-order valence-corrected chi connectivity index (χ1v) is 11.6. The molecule has 6 nitrogen and oxygen atoms in total. The fourth-order valence-corrected chi connectivity index (χ4v) is 5.45. The number of nitrogens with zero attached hydrogens (tertiary/aromatic N) is 2. The molecule has 34 heavy (non-hydrogen) atoms. The zero-order valence-corrected chi connectivity index (χ0v) is 19.0. The summed E-state index contributed by atoms with van der Waals surface area (Å²) in [5.74, 6) is -0.256. The molecule has 1 amide bonds. The Bertz CT molecular complexity index is 1420. The second-order valence-corrected chi connectivity index (χ2v) is 8.86. The number of carbonyl (C=O) groups excluding carboxylic acids is 2. The standard InChI is InChI=1S/C28H25N3O3/c1-34-28(33)23-8-4-7-21-20-5-2-3-6-22(20)26(25(21)23)30-13-15-31(16-14-30)27(32)19-9-10-24-18(17-19)11-12-29-24/h2-12,17,26,29H,13-16H2,1H3. The fraction of sp³-hybridized carbons (Fsp3) is 0.214. The molecular weight excluding hydrogens is 426 g/mol. The number of aromatic amines is 1. The molecule has 170 valence electrons. The van der Waals surface area contributed by atoms with Crippen molar-refractivity contribution in [2.24, 2.45) is 0 Å². The van der Waals surface area contributed by atoms with Gasteiger partial charge in [0.25, 0.3) is 5.91 Å². The number of rotatable bonds is 3. The molecule has 1 atom stereocenters. The normalized spacial score (nSPS) is 17.4. The summed E-state index contributed by atoms with van der Waals surface area (Å²) in [7, 11) is 1.42. The average Bonchev–Trinajstić information content (AvgIpc) is 3.50. The molecule has 2 aliphatic rings. The molecule has 1 unspecified atom stereocenters. The predicted molar refractivity (Wildman–Crippen MR) is 131 cm³/mol. The lowest BCUT2D eigenvalue weighted by Gasteiger charge is -2.39. The maximum atomic E-state index is 13.2. The molecule has 1 fully saturated rings. The van der Waals surface area contributed by atoms with Crippen molar-refractivity contribution in [3.63, 3.8) is 0 Å². The van der Waals surface area contributed by atoms with Gasteiger partial charge in [-0.1, -0.05) is 36.4 Å². The van der Waals surface area contributed by atoms with Crippen LogP contribution in [0.1, 0.15) is 37.9 Å². The van der Waals surface area contributed by atoms with Crippen molar-refractivity contribution >= 4 is 22.8 Å². The molecule has 0 radical (unpaired) electrons. The Morgan fingerprint density at radius 2 is 1.71 bits per heavy atom. The number of piperazine rings is 1. The molecule has 1 aromatic heterocycles. The molecule has 2 heterocycles. The lowest BCUT2D eigenvalue weighted by Crippen LogP contribution is -2.49. The van der Waals surface area contributed by atoms with E-state index in [1.54, 1.807) is 0 Å². The van der Waals surface area contributed by atoms with Gasteiger partial charge in [-0.15, -0.1) is 0 Å². The number of H-pyrrole nitrogens is 1. The molecular formula is C28H25N3O3. The summed E-state index contributed by atoms with van der Waals surface area (Å²) in [6, 6.07) is 21.9. The summed E-state index contributed by atoms with van der Waals surface area (Å²) in [6.45, 7) is 2.73. The van der Waals surface area contributed by atoms with Crippen molar-refractivity contribution in [1.29, 1.82) is 0 Å². The number of methoxy groups -OCH3 is 1. The third kappa shape index (κ3) is 3.22. The molecule has 6 rings (SSSR count). The van der Waals surface area contributed by atoms with Crippen molar-refractivity contribution in [2.45, 2.75) is 6.04 Å². The topological polar surface area (TPSA) is 65.6 Å². The SMILES string of the molecule is COC(=O)c1cccc2c1C(N1CCN(C(=O)c3ccc4[nH]ccc4c3)CC1)c1ccccc1-2. The van der Waals surface area contributed by atoms with E-state index in [0.717, 1.165) is 40.7 Å².